The number of aryl methyl sites for hydroxylation is 1. The topological polar surface area (TPSA) is 55.1 Å². The predicted octanol–water partition coefficient (Wildman–Crippen LogP) is 1.96. The molecule has 0 bridgehead atoms. The Morgan fingerprint density at radius 3 is 2.82 bits per heavy atom. The molecule has 0 fully saturated rings. The molecule has 0 saturated carbocycles. The van der Waals surface area contributed by atoms with Crippen LogP contribution in [0.15, 0.2) is 16.5 Å². The lowest BCUT2D eigenvalue weighted by atomic mass is 10.1. The Labute approximate surface area is 104 Å². The maximum Gasteiger partial charge on any atom is 0.271 e. The Hall–Kier alpha value is -1.20. The van der Waals surface area contributed by atoms with Crippen LogP contribution in [0, 0.1) is 12.8 Å². The minimum absolute atomic E-state index is 0.0465. The number of aromatic nitrogens is 2. The summed E-state index contributed by atoms with van der Waals surface area (Å²) in [6.45, 7) is 5.87. The predicted molar refractivity (Wildman–Crippen MR) is 69.6 cm³/mol. The van der Waals surface area contributed by atoms with Crippen LogP contribution in [0.2, 0.25) is 0 Å². The van der Waals surface area contributed by atoms with Gasteiger partial charge in [-0.25, -0.2) is 4.98 Å². The fraction of sp³-hybridized carbons (Fsp3) is 0.500. The molecular formula is C12H16N2O2S. The van der Waals surface area contributed by atoms with Crippen molar-refractivity contribution in [2.75, 3.05) is 6.61 Å². The van der Waals surface area contributed by atoms with E-state index < -0.39 is 0 Å². The number of aliphatic hydroxyl groups is 1. The van der Waals surface area contributed by atoms with Gasteiger partial charge < -0.3 is 5.11 Å². The van der Waals surface area contributed by atoms with Crippen molar-refractivity contribution in [2.45, 2.75) is 26.8 Å². The van der Waals surface area contributed by atoms with Gasteiger partial charge in [0, 0.05) is 0 Å². The molecule has 17 heavy (non-hydrogen) atoms. The van der Waals surface area contributed by atoms with Crippen LogP contribution in [0.3, 0.4) is 0 Å². The van der Waals surface area contributed by atoms with E-state index in [1.807, 2.05) is 26.2 Å². The highest BCUT2D eigenvalue weighted by Crippen LogP contribution is 2.21. The molecule has 2 heterocycles. The van der Waals surface area contributed by atoms with Crippen molar-refractivity contribution in [2.24, 2.45) is 5.92 Å². The Bertz CT molecular complexity index is 586. The van der Waals surface area contributed by atoms with Crippen LogP contribution in [0.25, 0.3) is 10.2 Å². The molecule has 1 unspecified atom stereocenters. The van der Waals surface area contributed by atoms with E-state index >= 15 is 0 Å². The van der Waals surface area contributed by atoms with Crippen LogP contribution in [0.1, 0.15) is 25.5 Å². The van der Waals surface area contributed by atoms with E-state index in [0.29, 0.717) is 4.70 Å². The van der Waals surface area contributed by atoms with Crippen molar-refractivity contribution in [1.82, 2.24) is 9.55 Å². The molecule has 1 N–H and O–H groups in total. The lowest BCUT2D eigenvalue weighted by molar-refractivity contribution is 0.189. The molecular weight excluding hydrogens is 236 g/mol. The van der Waals surface area contributed by atoms with Gasteiger partial charge in [-0.3, -0.25) is 9.36 Å². The van der Waals surface area contributed by atoms with Crippen molar-refractivity contribution in [3.63, 3.8) is 0 Å². The second-order valence-electron chi connectivity index (χ2n) is 4.55. The molecule has 0 aliphatic rings. The highest BCUT2D eigenvalue weighted by Gasteiger charge is 2.18. The van der Waals surface area contributed by atoms with Crippen LogP contribution in [0.4, 0.5) is 0 Å². The average molecular weight is 252 g/mol. The molecule has 2 rings (SSSR count). The minimum atomic E-state index is -0.207. The zero-order valence-electron chi connectivity index (χ0n) is 10.2. The number of hydrogen-bond acceptors (Lipinski definition) is 4. The zero-order chi connectivity index (χ0) is 12.6. The molecule has 0 amide bonds. The first kappa shape index (κ1) is 12.3. The summed E-state index contributed by atoms with van der Waals surface area (Å²) < 4.78 is 2.22. The quantitative estimate of drug-likeness (QED) is 0.908. The smallest absolute Gasteiger partial charge is 0.271 e. The minimum Gasteiger partial charge on any atom is -0.394 e. The van der Waals surface area contributed by atoms with Crippen molar-refractivity contribution in [3.8, 4) is 0 Å². The second-order valence-corrected chi connectivity index (χ2v) is 5.43. The van der Waals surface area contributed by atoms with Gasteiger partial charge in [0.2, 0.25) is 0 Å². The SMILES string of the molecule is Cc1csc2c(=O)n(C(CO)C(C)C)cnc12. The average Bonchev–Trinajstić information content (AvgIpc) is 2.65. The second kappa shape index (κ2) is 4.58. The summed E-state index contributed by atoms with van der Waals surface area (Å²) >= 11 is 1.42. The Morgan fingerprint density at radius 1 is 1.53 bits per heavy atom. The van der Waals surface area contributed by atoms with Crippen molar-refractivity contribution < 1.29 is 5.11 Å². The number of aliphatic hydroxyl groups excluding tert-OH is 1. The molecule has 0 saturated heterocycles. The van der Waals surface area contributed by atoms with Gasteiger partial charge in [-0.1, -0.05) is 13.8 Å². The lowest BCUT2D eigenvalue weighted by Crippen LogP contribution is -2.30. The summed E-state index contributed by atoms with van der Waals surface area (Å²) in [5.41, 5.74) is 1.75. The van der Waals surface area contributed by atoms with Gasteiger partial charge in [0.05, 0.1) is 24.5 Å². The largest absolute Gasteiger partial charge is 0.394 e. The van der Waals surface area contributed by atoms with Crippen LogP contribution in [-0.2, 0) is 0 Å². The van der Waals surface area contributed by atoms with Gasteiger partial charge in [-0.15, -0.1) is 11.3 Å². The fourth-order valence-electron chi connectivity index (χ4n) is 1.90. The van der Waals surface area contributed by atoms with E-state index in [2.05, 4.69) is 4.98 Å². The zero-order valence-corrected chi connectivity index (χ0v) is 11.0. The Morgan fingerprint density at radius 2 is 2.24 bits per heavy atom. The van der Waals surface area contributed by atoms with Crippen LogP contribution in [-0.4, -0.2) is 21.3 Å². The van der Waals surface area contributed by atoms with Gasteiger partial charge in [0.15, 0.2) is 0 Å². The van der Waals surface area contributed by atoms with Crippen molar-refractivity contribution in [3.05, 3.63) is 27.6 Å². The highest BCUT2D eigenvalue weighted by molar-refractivity contribution is 7.17. The van der Waals surface area contributed by atoms with E-state index in [0.717, 1.165) is 11.1 Å². The molecule has 0 aliphatic heterocycles. The lowest BCUT2D eigenvalue weighted by Gasteiger charge is -2.20. The standard InChI is InChI=1S/C12H16N2O2S/c1-7(2)9(4-15)14-6-13-10-8(3)5-17-11(10)12(14)16/h5-7,9,15H,4H2,1-3H3. The van der Waals surface area contributed by atoms with Crippen molar-refractivity contribution in [1.29, 1.82) is 0 Å². The third-order valence-electron chi connectivity index (χ3n) is 3.00. The first-order chi connectivity index (χ1) is 8.06. The summed E-state index contributed by atoms with van der Waals surface area (Å²) in [6.07, 6.45) is 1.55. The molecule has 4 nitrogen and oxygen atoms in total. The number of nitrogens with zero attached hydrogens (tertiary/aromatic N) is 2. The van der Waals surface area contributed by atoms with Crippen LogP contribution in [0.5, 0.6) is 0 Å². The van der Waals surface area contributed by atoms with Crippen LogP contribution < -0.4 is 5.56 Å². The molecule has 5 heteroatoms. The molecule has 0 aliphatic carbocycles. The molecule has 2 aromatic rings. The van der Waals surface area contributed by atoms with Gasteiger partial charge in [0.1, 0.15) is 4.70 Å². The van der Waals surface area contributed by atoms with Gasteiger partial charge in [0.25, 0.3) is 5.56 Å². The molecule has 0 radical (unpaired) electrons. The number of thiophene rings is 1. The third kappa shape index (κ3) is 2.00. The molecule has 92 valence electrons. The van der Waals surface area contributed by atoms with E-state index in [1.165, 1.54) is 11.3 Å². The first-order valence-corrected chi connectivity index (χ1v) is 6.50. The van der Waals surface area contributed by atoms with Gasteiger partial charge >= 0.3 is 0 Å². The van der Waals surface area contributed by atoms with Crippen molar-refractivity contribution >= 4 is 21.6 Å². The number of rotatable bonds is 3. The van der Waals surface area contributed by atoms with Gasteiger partial charge in [-0.05, 0) is 23.8 Å². The maximum atomic E-state index is 12.3. The van der Waals surface area contributed by atoms with E-state index in [9.17, 15) is 9.90 Å². The first-order valence-electron chi connectivity index (χ1n) is 5.62. The summed E-state index contributed by atoms with van der Waals surface area (Å²) in [5, 5.41) is 11.3. The summed E-state index contributed by atoms with van der Waals surface area (Å²) in [5.74, 6) is 0.193. The molecule has 0 aromatic carbocycles. The summed E-state index contributed by atoms with van der Waals surface area (Å²) in [4.78, 5) is 16.6. The number of hydrogen-bond donors (Lipinski definition) is 1. The van der Waals surface area contributed by atoms with E-state index in [-0.39, 0.29) is 24.1 Å². The third-order valence-corrected chi connectivity index (χ3v) is 4.07. The molecule has 0 spiro atoms. The summed E-state index contributed by atoms with van der Waals surface area (Å²) in [6, 6.07) is -0.207. The monoisotopic (exact) mass is 252 g/mol. The van der Waals surface area contributed by atoms with Gasteiger partial charge in [-0.2, -0.15) is 0 Å². The van der Waals surface area contributed by atoms with Crippen LogP contribution >= 0.6 is 11.3 Å². The maximum absolute atomic E-state index is 12.3. The summed E-state index contributed by atoms with van der Waals surface area (Å²) in [7, 11) is 0. The van der Waals surface area contributed by atoms with E-state index in [1.54, 1.807) is 10.9 Å². The molecule has 2 aromatic heterocycles. The number of fused-ring (bicyclic) bond motifs is 1. The highest BCUT2D eigenvalue weighted by atomic mass is 32.1. The van der Waals surface area contributed by atoms with E-state index in [4.69, 9.17) is 0 Å². The Kier molecular flexibility index (Phi) is 3.31. The fourth-order valence-corrected chi connectivity index (χ4v) is 2.83. The Balaban J connectivity index is 2.64. The normalized spacial score (nSPS) is 13.5. The molecule has 1 atom stereocenters.